The van der Waals surface area contributed by atoms with Gasteiger partial charge in [-0.05, 0) is 43.7 Å². The topological polar surface area (TPSA) is 89.9 Å². The molecule has 0 bridgehead atoms. The van der Waals surface area contributed by atoms with Gasteiger partial charge in [0.25, 0.3) is 11.8 Å². The maximum absolute atomic E-state index is 12.7. The monoisotopic (exact) mass is 378 g/mol. The molecule has 1 saturated heterocycles. The molecule has 8 heteroatoms. The molecule has 1 saturated carbocycles. The first kappa shape index (κ1) is 17.1. The molecule has 1 aliphatic carbocycles. The quantitative estimate of drug-likeness (QED) is 0.693. The van der Waals surface area contributed by atoms with Crippen LogP contribution in [0.25, 0.3) is 17.3 Å². The van der Waals surface area contributed by atoms with Crippen molar-refractivity contribution in [3.63, 3.8) is 0 Å². The highest BCUT2D eigenvalue weighted by Crippen LogP contribution is 2.38. The van der Waals surface area contributed by atoms with E-state index in [-0.39, 0.29) is 5.91 Å². The molecule has 4 heterocycles. The van der Waals surface area contributed by atoms with E-state index in [1.165, 1.54) is 6.42 Å². The van der Waals surface area contributed by atoms with Crippen molar-refractivity contribution >= 4 is 5.91 Å². The highest BCUT2D eigenvalue weighted by atomic mass is 16.5. The van der Waals surface area contributed by atoms with Crippen LogP contribution in [0.2, 0.25) is 0 Å². The Morgan fingerprint density at radius 3 is 2.86 bits per heavy atom. The lowest BCUT2D eigenvalue weighted by Gasteiger charge is -2.30. The Labute approximate surface area is 162 Å². The number of aromatic nitrogens is 5. The maximum atomic E-state index is 12.7. The third-order valence-corrected chi connectivity index (χ3v) is 5.39. The van der Waals surface area contributed by atoms with Gasteiger partial charge >= 0.3 is 0 Å². The van der Waals surface area contributed by atoms with Crippen LogP contribution in [-0.2, 0) is 0 Å². The lowest BCUT2D eigenvalue weighted by atomic mass is 10.0. The summed E-state index contributed by atoms with van der Waals surface area (Å²) in [6.07, 6.45) is 9.56. The summed E-state index contributed by atoms with van der Waals surface area (Å²) >= 11 is 0. The molecule has 3 aromatic heterocycles. The Hall–Kier alpha value is -3.03. The molecule has 0 radical (unpaired) electrons. The molecule has 28 heavy (non-hydrogen) atoms. The second-order valence-corrected chi connectivity index (χ2v) is 7.80. The van der Waals surface area contributed by atoms with Crippen molar-refractivity contribution in [2.45, 2.75) is 38.5 Å². The number of likely N-dealkylation sites (tertiary alicyclic amines) is 1. The van der Waals surface area contributed by atoms with Crippen LogP contribution in [0.1, 0.15) is 54.8 Å². The zero-order chi connectivity index (χ0) is 19.1. The zero-order valence-electron chi connectivity index (χ0n) is 15.8. The smallest absolute Gasteiger partial charge is 0.274 e. The number of imidazole rings is 1. The summed E-state index contributed by atoms with van der Waals surface area (Å²) in [6, 6.07) is 3.75. The van der Waals surface area contributed by atoms with E-state index in [9.17, 15) is 4.79 Å². The standard InChI is InChI=1S/C20H22N6O2/c1-13-3-2-8-25(10-13)20(27)16-11-26(12-22-16)17-7-6-15(9-21-17)19-23-18(24-28-19)14-4-5-14/h6-7,9,11-14H,2-5,8,10H2,1H3/t13-/m0/s1. The summed E-state index contributed by atoms with van der Waals surface area (Å²) in [6.45, 7) is 3.78. The van der Waals surface area contributed by atoms with E-state index in [0.29, 0.717) is 29.2 Å². The molecule has 8 nitrogen and oxygen atoms in total. The highest BCUT2D eigenvalue weighted by molar-refractivity contribution is 5.92. The number of carbonyl (C=O) groups is 1. The van der Waals surface area contributed by atoms with Crippen molar-refractivity contribution in [3.05, 3.63) is 42.4 Å². The number of nitrogens with zero attached hydrogens (tertiary/aromatic N) is 6. The van der Waals surface area contributed by atoms with Gasteiger partial charge in [0.1, 0.15) is 17.8 Å². The van der Waals surface area contributed by atoms with Crippen molar-refractivity contribution in [2.75, 3.05) is 13.1 Å². The van der Waals surface area contributed by atoms with Gasteiger partial charge in [0.05, 0.1) is 5.56 Å². The van der Waals surface area contributed by atoms with Crippen LogP contribution < -0.4 is 0 Å². The number of pyridine rings is 1. The summed E-state index contributed by atoms with van der Waals surface area (Å²) in [4.78, 5) is 27.8. The van der Waals surface area contributed by atoms with Gasteiger partial charge in [-0.15, -0.1) is 0 Å². The van der Waals surface area contributed by atoms with E-state index >= 15 is 0 Å². The second-order valence-electron chi connectivity index (χ2n) is 7.80. The first-order valence-corrected chi connectivity index (χ1v) is 9.81. The number of hydrogen-bond acceptors (Lipinski definition) is 6. The van der Waals surface area contributed by atoms with E-state index in [4.69, 9.17) is 4.52 Å². The summed E-state index contributed by atoms with van der Waals surface area (Å²) in [5, 5.41) is 4.04. The van der Waals surface area contributed by atoms with E-state index in [1.807, 2.05) is 17.0 Å². The minimum atomic E-state index is -0.0135. The molecule has 0 N–H and O–H groups in total. The summed E-state index contributed by atoms with van der Waals surface area (Å²) in [5.41, 5.74) is 1.23. The van der Waals surface area contributed by atoms with Crippen LogP contribution in [0.5, 0.6) is 0 Å². The van der Waals surface area contributed by atoms with Gasteiger partial charge in [-0.2, -0.15) is 4.98 Å². The van der Waals surface area contributed by atoms with Gasteiger partial charge in [0.2, 0.25) is 0 Å². The van der Waals surface area contributed by atoms with Crippen LogP contribution >= 0.6 is 0 Å². The Balaban J connectivity index is 1.31. The van der Waals surface area contributed by atoms with Gasteiger partial charge in [-0.1, -0.05) is 12.1 Å². The predicted molar refractivity (Wildman–Crippen MR) is 101 cm³/mol. The molecule has 1 aliphatic heterocycles. The molecular formula is C20H22N6O2. The van der Waals surface area contributed by atoms with Crippen molar-refractivity contribution < 1.29 is 9.32 Å². The third-order valence-electron chi connectivity index (χ3n) is 5.39. The van der Waals surface area contributed by atoms with Gasteiger partial charge in [0, 0.05) is 31.4 Å². The summed E-state index contributed by atoms with van der Waals surface area (Å²) in [7, 11) is 0. The first-order chi connectivity index (χ1) is 13.7. The summed E-state index contributed by atoms with van der Waals surface area (Å²) < 4.78 is 7.10. The normalized spacial score (nSPS) is 19.8. The molecule has 0 spiro atoms. The first-order valence-electron chi connectivity index (χ1n) is 9.81. The largest absolute Gasteiger partial charge is 0.337 e. The fourth-order valence-electron chi connectivity index (χ4n) is 3.62. The van der Waals surface area contributed by atoms with Crippen molar-refractivity contribution in [1.29, 1.82) is 0 Å². The van der Waals surface area contributed by atoms with E-state index in [2.05, 4.69) is 27.0 Å². The Bertz CT molecular complexity index is 988. The van der Waals surface area contributed by atoms with Crippen LogP contribution in [0, 0.1) is 5.92 Å². The fraction of sp³-hybridized carbons (Fsp3) is 0.450. The van der Waals surface area contributed by atoms with Crippen LogP contribution in [0.3, 0.4) is 0 Å². The molecule has 144 valence electrons. The molecule has 1 amide bonds. The molecule has 2 fully saturated rings. The van der Waals surface area contributed by atoms with Crippen molar-refractivity contribution in [1.82, 2.24) is 29.6 Å². The molecular weight excluding hydrogens is 356 g/mol. The fourth-order valence-corrected chi connectivity index (χ4v) is 3.62. The van der Waals surface area contributed by atoms with Gasteiger partial charge in [0.15, 0.2) is 5.82 Å². The number of carbonyl (C=O) groups excluding carboxylic acids is 1. The number of amides is 1. The van der Waals surface area contributed by atoms with Crippen molar-refractivity contribution in [3.8, 4) is 17.3 Å². The van der Waals surface area contributed by atoms with Gasteiger partial charge in [-0.25, -0.2) is 9.97 Å². The zero-order valence-corrected chi connectivity index (χ0v) is 15.8. The number of hydrogen-bond donors (Lipinski definition) is 0. The van der Waals surface area contributed by atoms with E-state index in [0.717, 1.165) is 43.7 Å². The van der Waals surface area contributed by atoms with Gasteiger partial charge in [-0.3, -0.25) is 9.36 Å². The number of piperidine rings is 1. The van der Waals surface area contributed by atoms with Crippen LogP contribution in [0.4, 0.5) is 0 Å². The average molecular weight is 378 g/mol. The van der Waals surface area contributed by atoms with E-state index < -0.39 is 0 Å². The predicted octanol–water partition coefficient (Wildman–Crippen LogP) is 3.07. The molecule has 5 rings (SSSR count). The molecule has 0 aromatic carbocycles. The Kier molecular flexibility index (Phi) is 4.18. The highest BCUT2D eigenvalue weighted by Gasteiger charge is 2.29. The average Bonchev–Trinajstić information content (AvgIpc) is 3.25. The SMILES string of the molecule is C[C@H]1CCCN(C(=O)c2cn(-c3ccc(-c4nc(C5CC5)no4)cn3)cn2)C1. The van der Waals surface area contributed by atoms with Crippen LogP contribution in [-0.4, -0.2) is 48.6 Å². The third kappa shape index (κ3) is 3.30. The molecule has 0 unspecified atom stereocenters. The van der Waals surface area contributed by atoms with Crippen molar-refractivity contribution in [2.24, 2.45) is 5.92 Å². The lowest BCUT2D eigenvalue weighted by Crippen LogP contribution is -2.39. The minimum absolute atomic E-state index is 0.0135. The van der Waals surface area contributed by atoms with Gasteiger partial charge < -0.3 is 9.42 Å². The van der Waals surface area contributed by atoms with E-state index in [1.54, 1.807) is 23.3 Å². The minimum Gasteiger partial charge on any atom is -0.337 e. The lowest BCUT2D eigenvalue weighted by molar-refractivity contribution is 0.0677. The Morgan fingerprint density at radius 1 is 1.21 bits per heavy atom. The molecule has 3 aromatic rings. The number of rotatable bonds is 4. The molecule has 1 atom stereocenters. The van der Waals surface area contributed by atoms with Crippen LogP contribution in [0.15, 0.2) is 35.4 Å². The Morgan fingerprint density at radius 2 is 2.11 bits per heavy atom. The maximum Gasteiger partial charge on any atom is 0.274 e. The molecule has 2 aliphatic rings. The second kappa shape index (κ2) is 6.85. The summed E-state index contributed by atoms with van der Waals surface area (Å²) in [5.74, 6) is 2.93.